The van der Waals surface area contributed by atoms with Gasteiger partial charge in [0.05, 0.1) is 10.6 Å². The van der Waals surface area contributed by atoms with Crippen molar-refractivity contribution in [2.24, 2.45) is 5.84 Å². The summed E-state index contributed by atoms with van der Waals surface area (Å²) in [6.07, 6.45) is 4.20. The number of nitrogen functional groups attached to an aromatic ring is 1. The van der Waals surface area contributed by atoms with Crippen molar-refractivity contribution in [3.05, 3.63) is 34.8 Å². The Morgan fingerprint density at radius 1 is 1.14 bits per heavy atom. The van der Waals surface area contributed by atoms with Crippen LogP contribution in [0.2, 0.25) is 0 Å². The quantitative estimate of drug-likeness (QED) is 0.591. The first-order chi connectivity index (χ1) is 10.1. The zero-order valence-electron chi connectivity index (χ0n) is 11.3. The first kappa shape index (κ1) is 14.3. The summed E-state index contributed by atoms with van der Waals surface area (Å²) in [7, 11) is -3.61. The molecule has 8 heteroatoms. The van der Waals surface area contributed by atoms with E-state index in [1.54, 1.807) is 12.1 Å². The van der Waals surface area contributed by atoms with E-state index in [0.717, 1.165) is 31.4 Å². The zero-order chi connectivity index (χ0) is 14.9. The molecule has 0 unspecified atom stereocenters. The maximum atomic E-state index is 12.3. The van der Waals surface area contributed by atoms with Crippen molar-refractivity contribution in [3.63, 3.8) is 0 Å². The van der Waals surface area contributed by atoms with Gasteiger partial charge in [-0.05, 0) is 49.9 Å². The van der Waals surface area contributed by atoms with Gasteiger partial charge in [-0.25, -0.2) is 13.4 Å². The van der Waals surface area contributed by atoms with Gasteiger partial charge in [-0.15, -0.1) is 11.3 Å². The van der Waals surface area contributed by atoms with E-state index in [-0.39, 0.29) is 4.90 Å². The average Bonchev–Trinajstić information content (AvgIpc) is 2.88. The number of aryl methyl sites for hydroxylation is 2. The Balaban J connectivity index is 1.83. The fourth-order valence-electron chi connectivity index (χ4n) is 2.30. The summed E-state index contributed by atoms with van der Waals surface area (Å²) in [6, 6.07) is 6.24. The minimum absolute atomic E-state index is 0.190. The van der Waals surface area contributed by atoms with E-state index in [1.165, 1.54) is 28.3 Å². The monoisotopic (exact) mass is 324 g/mol. The summed E-state index contributed by atoms with van der Waals surface area (Å²) in [5.41, 5.74) is 4.15. The average molecular weight is 324 g/mol. The number of hydrogen-bond donors (Lipinski definition) is 3. The number of aromatic nitrogens is 1. The second-order valence-electron chi connectivity index (χ2n) is 4.87. The maximum Gasteiger partial charge on any atom is 0.263 e. The van der Waals surface area contributed by atoms with E-state index < -0.39 is 10.0 Å². The number of hydrazine groups is 1. The molecule has 0 atom stereocenters. The van der Waals surface area contributed by atoms with Crippen molar-refractivity contribution >= 4 is 32.2 Å². The van der Waals surface area contributed by atoms with Gasteiger partial charge in [-0.3, -0.25) is 10.6 Å². The lowest BCUT2D eigenvalue weighted by Crippen LogP contribution is -2.13. The molecule has 1 aliphatic carbocycles. The smallest absolute Gasteiger partial charge is 0.263 e. The summed E-state index contributed by atoms with van der Waals surface area (Å²) in [4.78, 5) is 5.78. The molecule has 112 valence electrons. The molecule has 0 saturated carbocycles. The normalized spacial score (nSPS) is 14.5. The molecule has 0 radical (unpaired) electrons. The van der Waals surface area contributed by atoms with Gasteiger partial charge in [0.1, 0.15) is 0 Å². The number of rotatable bonds is 4. The molecule has 1 aromatic carbocycles. The molecule has 0 spiro atoms. The van der Waals surface area contributed by atoms with Gasteiger partial charge >= 0.3 is 0 Å². The van der Waals surface area contributed by atoms with Crippen molar-refractivity contribution in [2.45, 2.75) is 30.6 Å². The van der Waals surface area contributed by atoms with Gasteiger partial charge in [0.15, 0.2) is 5.13 Å². The number of fused-ring (bicyclic) bond motifs is 1. The summed E-state index contributed by atoms with van der Waals surface area (Å²) in [5, 5.41) is 0.447. The third-order valence-corrected chi connectivity index (χ3v) is 5.96. The lowest BCUT2D eigenvalue weighted by molar-refractivity contribution is 0.601. The topological polar surface area (TPSA) is 97.1 Å². The zero-order valence-corrected chi connectivity index (χ0v) is 12.9. The molecule has 6 nitrogen and oxygen atoms in total. The van der Waals surface area contributed by atoms with Gasteiger partial charge in [0.2, 0.25) is 0 Å². The van der Waals surface area contributed by atoms with E-state index in [4.69, 9.17) is 5.84 Å². The summed E-state index contributed by atoms with van der Waals surface area (Å²) < 4.78 is 27.2. The Morgan fingerprint density at radius 2 is 1.86 bits per heavy atom. The molecular weight excluding hydrogens is 308 g/mol. The van der Waals surface area contributed by atoms with Crippen molar-refractivity contribution in [3.8, 4) is 0 Å². The van der Waals surface area contributed by atoms with Gasteiger partial charge in [-0.2, -0.15) is 0 Å². The number of nitrogens with two attached hydrogens (primary N) is 1. The van der Waals surface area contributed by atoms with Crippen molar-refractivity contribution in [1.82, 2.24) is 4.98 Å². The van der Waals surface area contributed by atoms with Crippen molar-refractivity contribution < 1.29 is 8.42 Å². The predicted octanol–water partition coefficient (Wildman–Crippen LogP) is 2.11. The number of anilines is 2. The predicted molar refractivity (Wildman–Crippen MR) is 83.8 cm³/mol. The standard InChI is InChI=1S/C13H16N4O2S2/c14-16-9-5-7-10(8-6-9)21(18,19)17-13-15-11-3-1-2-4-12(11)20-13/h5-8,16H,1-4,14H2,(H,15,17). The third kappa shape index (κ3) is 3.02. The second kappa shape index (κ2) is 5.63. The van der Waals surface area contributed by atoms with Crippen LogP contribution in [0.1, 0.15) is 23.4 Å². The summed E-state index contributed by atoms with van der Waals surface area (Å²) in [6.45, 7) is 0. The van der Waals surface area contributed by atoms with Crippen LogP contribution in [0.3, 0.4) is 0 Å². The van der Waals surface area contributed by atoms with E-state index in [9.17, 15) is 8.42 Å². The highest BCUT2D eigenvalue weighted by Crippen LogP contribution is 2.30. The Labute approximate surface area is 127 Å². The van der Waals surface area contributed by atoms with E-state index in [0.29, 0.717) is 10.8 Å². The molecule has 1 aromatic heterocycles. The molecule has 21 heavy (non-hydrogen) atoms. The number of hydrogen-bond acceptors (Lipinski definition) is 6. The highest BCUT2D eigenvalue weighted by atomic mass is 32.2. The fraction of sp³-hybridized carbons (Fsp3) is 0.308. The van der Waals surface area contributed by atoms with Crippen LogP contribution in [0, 0.1) is 0 Å². The Kier molecular flexibility index (Phi) is 3.83. The Hall–Kier alpha value is -1.64. The molecule has 0 saturated heterocycles. The SMILES string of the molecule is NNc1ccc(S(=O)(=O)Nc2nc3c(s2)CCCC3)cc1. The largest absolute Gasteiger partial charge is 0.324 e. The molecule has 0 aliphatic heterocycles. The number of benzene rings is 1. The number of nitrogens with one attached hydrogen (secondary N) is 2. The van der Waals surface area contributed by atoms with Crippen molar-refractivity contribution in [1.29, 1.82) is 0 Å². The first-order valence-corrected chi connectivity index (χ1v) is 8.96. The lowest BCUT2D eigenvalue weighted by atomic mass is 10.0. The molecule has 4 N–H and O–H groups in total. The molecule has 1 heterocycles. The minimum atomic E-state index is -3.61. The maximum absolute atomic E-state index is 12.3. The van der Waals surface area contributed by atoms with Crippen LogP contribution < -0.4 is 16.0 Å². The molecule has 0 fully saturated rings. The van der Waals surface area contributed by atoms with Crippen LogP contribution >= 0.6 is 11.3 Å². The number of thiazole rings is 1. The van der Waals surface area contributed by atoms with E-state index in [1.807, 2.05) is 0 Å². The molecule has 0 amide bonds. The van der Waals surface area contributed by atoms with Crippen LogP contribution in [-0.4, -0.2) is 13.4 Å². The van der Waals surface area contributed by atoms with Crippen LogP contribution in [0.15, 0.2) is 29.2 Å². The number of sulfonamides is 1. The van der Waals surface area contributed by atoms with Crippen LogP contribution in [-0.2, 0) is 22.9 Å². The Morgan fingerprint density at radius 3 is 2.52 bits per heavy atom. The summed E-state index contributed by atoms with van der Waals surface area (Å²) in [5.74, 6) is 5.27. The van der Waals surface area contributed by atoms with Crippen molar-refractivity contribution in [2.75, 3.05) is 10.1 Å². The fourth-order valence-corrected chi connectivity index (χ4v) is 4.58. The Bertz CT molecular complexity index is 715. The molecule has 3 rings (SSSR count). The number of nitrogens with zero attached hydrogens (tertiary/aromatic N) is 1. The van der Waals surface area contributed by atoms with Gasteiger partial charge in [-0.1, -0.05) is 0 Å². The molecular formula is C13H16N4O2S2. The van der Waals surface area contributed by atoms with Crippen LogP contribution in [0.4, 0.5) is 10.8 Å². The minimum Gasteiger partial charge on any atom is -0.324 e. The van der Waals surface area contributed by atoms with Gasteiger partial charge < -0.3 is 5.43 Å². The molecule has 2 aromatic rings. The first-order valence-electron chi connectivity index (χ1n) is 6.66. The van der Waals surface area contributed by atoms with E-state index in [2.05, 4.69) is 15.1 Å². The van der Waals surface area contributed by atoms with Crippen LogP contribution in [0.25, 0.3) is 0 Å². The highest BCUT2D eigenvalue weighted by molar-refractivity contribution is 7.93. The van der Waals surface area contributed by atoms with Gasteiger partial charge in [0, 0.05) is 10.6 Å². The van der Waals surface area contributed by atoms with Gasteiger partial charge in [0.25, 0.3) is 10.0 Å². The second-order valence-corrected chi connectivity index (χ2v) is 7.64. The summed E-state index contributed by atoms with van der Waals surface area (Å²) >= 11 is 1.43. The lowest BCUT2D eigenvalue weighted by Gasteiger charge is -2.06. The van der Waals surface area contributed by atoms with E-state index >= 15 is 0 Å². The third-order valence-electron chi connectivity index (χ3n) is 3.40. The molecule has 1 aliphatic rings. The highest BCUT2D eigenvalue weighted by Gasteiger charge is 2.20. The van der Waals surface area contributed by atoms with Crippen LogP contribution in [0.5, 0.6) is 0 Å². The molecule has 0 bridgehead atoms.